The molecule has 2 aromatic heterocycles. The van der Waals surface area contributed by atoms with E-state index in [1.807, 2.05) is 0 Å². The maximum Gasteiger partial charge on any atom is 0.245 e. The smallest absolute Gasteiger partial charge is 0.245 e. The van der Waals surface area contributed by atoms with E-state index in [1.165, 1.54) is 31.3 Å². The predicted molar refractivity (Wildman–Crippen MR) is 69.5 cm³/mol. The molecule has 1 saturated heterocycles. The van der Waals surface area contributed by atoms with Gasteiger partial charge in [0.1, 0.15) is 24.1 Å². The lowest BCUT2D eigenvalue weighted by molar-refractivity contribution is -0.0950. The van der Waals surface area contributed by atoms with Gasteiger partial charge in [0, 0.05) is 0 Å². The molecule has 9 heteroatoms. The summed E-state index contributed by atoms with van der Waals surface area (Å²) in [5.41, 5.74) is -0.779. The van der Waals surface area contributed by atoms with Crippen molar-refractivity contribution in [1.82, 2.24) is 19.5 Å². The average molecular weight is 296 g/mol. The third-order valence-corrected chi connectivity index (χ3v) is 3.71. The van der Waals surface area contributed by atoms with E-state index in [1.54, 1.807) is 0 Å². The van der Waals surface area contributed by atoms with Crippen LogP contribution in [-0.2, 0) is 4.74 Å². The molecule has 4 atom stereocenters. The first-order chi connectivity index (χ1) is 10.0. The lowest BCUT2D eigenvalue weighted by atomic mass is 9.96. The van der Waals surface area contributed by atoms with Crippen LogP contribution >= 0.6 is 0 Å². The summed E-state index contributed by atoms with van der Waals surface area (Å²) in [4.78, 5) is 12.2. The van der Waals surface area contributed by atoms with Crippen molar-refractivity contribution >= 4 is 11.2 Å². The number of rotatable bonds is 3. The number of aromatic nitrogens is 4. The Morgan fingerprint density at radius 3 is 2.81 bits per heavy atom. The normalized spacial score (nSPS) is 32.7. The molecule has 0 aliphatic carbocycles. The zero-order valence-electron chi connectivity index (χ0n) is 11.5. The third-order valence-electron chi connectivity index (χ3n) is 3.71. The number of fused-ring (bicyclic) bond motifs is 1. The minimum atomic E-state index is -1.60. The summed E-state index contributed by atoms with van der Waals surface area (Å²) in [6.07, 6.45) is -0.315. The van der Waals surface area contributed by atoms with Gasteiger partial charge in [-0.25, -0.2) is 9.97 Å². The summed E-state index contributed by atoms with van der Waals surface area (Å²) < 4.78 is 12.1. The SMILES string of the molecule is COc1ncnc2c1ncn2C1OC(CO)C(O)[C@@]1(C)O. The van der Waals surface area contributed by atoms with Crippen LogP contribution < -0.4 is 4.74 Å². The molecule has 3 heterocycles. The van der Waals surface area contributed by atoms with E-state index >= 15 is 0 Å². The van der Waals surface area contributed by atoms with E-state index in [0.717, 1.165) is 0 Å². The van der Waals surface area contributed by atoms with Gasteiger partial charge in [-0.1, -0.05) is 0 Å². The number of methoxy groups -OCH3 is 1. The van der Waals surface area contributed by atoms with Crippen LogP contribution in [0.3, 0.4) is 0 Å². The molecule has 1 aliphatic heterocycles. The van der Waals surface area contributed by atoms with Crippen LogP contribution in [0.4, 0.5) is 0 Å². The Morgan fingerprint density at radius 1 is 1.43 bits per heavy atom. The van der Waals surface area contributed by atoms with Gasteiger partial charge in [0.05, 0.1) is 20.0 Å². The minimum absolute atomic E-state index is 0.302. The van der Waals surface area contributed by atoms with Gasteiger partial charge in [0.25, 0.3) is 0 Å². The molecule has 3 N–H and O–H groups in total. The molecule has 0 radical (unpaired) electrons. The van der Waals surface area contributed by atoms with Crippen molar-refractivity contribution in [2.24, 2.45) is 0 Å². The molecule has 0 amide bonds. The standard InChI is InChI=1S/C12H16N4O5/c1-12(19)8(18)6(3-17)21-11(12)16-5-15-7-9(16)13-4-14-10(7)20-2/h4-6,8,11,17-19H,3H2,1-2H3/t6?,8?,11?,12-/m1/s1. The zero-order chi connectivity index (χ0) is 15.2. The molecule has 21 heavy (non-hydrogen) atoms. The molecule has 114 valence electrons. The molecule has 0 aromatic carbocycles. The van der Waals surface area contributed by atoms with Crippen LogP contribution in [0.5, 0.6) is 5.88 Å². The molecule has 1 aliphatic rings. The fourth-order valence-corrected chi connectivity index (χ4v) is 2.54. The average Bonchev–Trinajstić information content (AvgIpc) is 2.99. The first kappa shape index (κ1) is 14.1. The Hall–Kier alpha value is -1.81. The number of ether oxygens (including phenoxy) is 2. The van der Waals surface area contributed by atoms with E-state index in [0.29, 0.717) is 17.0 Å². The number of aliphatic hydroxyl groups is 3. The van der Waals surface area contributed by atoms with Gasteiger partial charge in [-0.05, 0) is 6.92 Å². The van der Waals surface area contributed by atoms with Crippen LogP contribution in [0.15, 0.2) is 12.7 Å². The molecule has 3 rings (SSSR count). The number of aliphatic hydroxyl groups excluding tert-OH is 2. The van der Waals surface area contributed by atoms with Gasteiger partial charge in [-0.2, -0.15) is 4.98 Å². The van der Waals surface area contributed by atoms with Crippen molar-refractivity contribution < 1.29 is 24.8 Å². The van der Waals surface area contributed by atoms with Crippen molar-refractivity contribution in [3.05, 3.63) is 12.7 Å². The number of hydrogen-bond acceptors (Lipinski definition) is 8. The molecule has 2 aromatic rings. The van der Waals surface area contributed by atoms with Crippen molar-refractivity contribution in [3.8, 4) is 5.88 Å². The Morgan fingerprint density at radius 2 is 2.19 bits per heavy atom. The van der Waals surface area contributed by atoms with Crippen molar-refractivity contribution in [3.63, 3.8) is 0 Å². The molecular formula is C12H16N4O5. The quantitative estimate of drug-likeness (QED) is 0.648. The van der Waals surface area contributed by atoms with Crippen LogP contribution in [-0.4, -0.2) is 66.4 Å². The number of hydrogen-bond donors (Lipinski definition) is 3. The topological polar surface area (TPSA) is 123 Å². The van der Waals surface area contributed by atoms with Crippen molar-refractivity contribution in [1.29, 1.82) is 0 Å². The van der Waals surface area contributed by atoms with Crippen LogP contribution in [0.25, 0.3) is 11.2 Å². The summed E-state index contributed by atoms with van der Waals surface area (Å²) >= 11 is 0. The number of imidazole rings is 1. The number of nitrogens with zero attached hydrogens (tertiary/aromatic N) is 4. The van der Waals surface area contributed by atoms with Crippen LogP contribution in [0, 0.1) is 0 Å². The molecule has 3 unspecified atom stereocenters. The summed E-state index contributed by atoms with van der Waals surface area (Å²) in [6.45, 7) is 1.03. The van der Waals surface area contributed by atoms with Gasteiger partial charge in [-0.3, -0.25) is 4.57 Å². The molecule has 0 saturated carbocycles. The van der Waals surface area contributed by atoms with E-state index < -0.39 is 30.6 Å². The summed E-state index contributed by atoms with van der Waals surface area (Å²) in [5.74, 6) is 0.302. The van der Waals surface area contributed by atoms with Crippen molar-refractivity contribution in [2.75, 3.05) is 13.7 Å². The Bertz CT molecular complexity index is 658. The second-order valence-corrected chi connectivity index (χ2v) is 5.09. The van der Waals surface area contributed by atoms with Crippen molar-refractivity contribution in [2.45, 2.75) is 31.0 Å². The van der Waals surface area contributed by atoms with E-state index in [4.69, 9.17) is 9.47 Å². The highest BCUT2D eigenvalue weighted by Gasteiger charge is 2.53. The summed E-state index contributed by atoms with van der Waals surface area (Å²) in [6, 6.07) is 0. The molecule has 0 bridgehead atoms. The van der Waals surface area contributed by atoms with Gasteiger partial charge >= 0.3 is 0 Å². The monoisotopic (exact) mass is 296 g/mol. The van der Waals surface area contributed by atoms with Gasteiger partial charge in [0.2, 0.25) is 5.88 Å². The van der Waals surface area contributed by atoms with E-state index in [2.05, 4.69) is 15.0 Å². The van der Waals surface area contributed by atoms with Gasteiger partial charge in [0.15, 0.2) is 17.4 Å². The highest BCUT2D eigenvalue weighted by molar-refractivity contribution is 5.76. The van der Waals surface area contributed by atoms with Crippen LogP contribution in [0.1, 0.15) is 13.2 Å². The van der Waals surface area contributed by atoms with Gasteiger partial charge in [-0.15, -0.1) is 0 Å². The predicted octanol–water partition coefficient (Wildman–Crippen LogP) is -1.16. The maximum absolute atomic E-state index is 10.5. The maximum atomic E-state index is 10.5. The minimum Gasteiger partial charge on any atom is -0.479 e. The summed E-state index contributed by atoms with van der Waals surface area (Å²) in [5, 5.41) is 29.7. The lowest BCUT2D eigenvalue weighted by Crippen LogP contribution is -2.44. The Balaban J connectivity index is 2.09. The molecule has 1 fully saturated rings. The Labute approximate surface area is 119 Å². The second-order valence-electron chi connectivity index (χ2n) is 5.09. The fourth-order valence-electron chi connectivity index (χ4n) is 2.54. The van der Waals surface area contributed by atoms with E-state index in [9.17, 15) is 15.3 Å². The van der Waals surface area contributed by atoms with Gasteiger partial charge < -0.3 is 24.8 Å². The fraction of sp³-hybridized carbons (Fsp3) is 0.583. The second kappa shape index (κ2) is 4.88. The van der Waals surface area contributed by atoms with Crippen LogP contribution in [0.2, 0.25) is 0 Å². The third kappa shape index (κ3) is 1.97. The largest absolute Gasteiger partial charge is 0.479 e. The molecular weight excluding hydrogens is 280 g/mol. The molecule has 0 spiro atoms. The first-order valence-corrected chi connectivity index (χ1v) is 6.39. The summed E-state index contributed by atoms with van der Waals surface area (Å²) in [7, 11) is 1.47. The molecule has 9 nitrogen and oxygen atoms in total. The Kier molecular flexibility index (Phi) is 3.29. The van der Waals surface area contributed by atoms with E-state index in [-0.39, 0.29) is 0 Å². The first-order valence-electron chi connectivity index (χ1n) is 6.39. The highest BCUT2D eigenvalue weighted by atomic mass is 16.6. The zero-order valence-corrected chi connectivity index (χ0v) is 11.5. The highest BCUT2D eigenvalue weighted by Crippen LogP contribution is 2.39. The lowest BCUT2D eigenvalue weighted by Gasteiger charge is -2.27.